The van der Waals surface area contributed by atoms with E-state index in [0.29, 0.717) is 27.2 Å². The maximum absolute atomic E-state index is 12.3. The number of halogens is 1. The van der Waals surface area contributed by atoms with Crippen molar-refractivity contribution >= 4 is 46.2 Å². The van der Waals surface area contributed by atoms with Crippen LogP contribution >= 0.6 is 23.4 Å². The Morgan fingerprint density at radius 1 is 1.39 bits per heavy atom. The first-order valence-corrected chi connectivity index (χ1v) is 8.24. The number of rotatable bonds is 4. The fraction of sp³-hybridized carbons (Fsp3) is 0.188. The number of oxazole rings is 1. The van der Waals surface area contributed by atoms with Crippen molar-refractivity contribution in [2.24, 2.45) is 0 Å². The second-order valence-corrected chi connectivity index (χ2v) is 6.74. The summed E-state index contributed by atoms with van der Waals surface area (Å²) in [5.74, 6) is -0.143. The SMILES string of the molecule is Cc1ccc(Cl)cc1NC(=O)C(C)Sc1nc2ncccc2o1. The summed E-state index contributed by atoms with van der Waals surface area (Å²) in [5.41, 5.74) is 2.79. The molecule has 2 aromatic heterocycles. The number of carbonyl (C=O) groups excluding carboxylic acids is 1. The number of amides is 1. The number of carbonyl (C=O) groups is 1. The third-order valence-electron chi connectivity index (χ3n) is 3.25. The number of anilines is 1. The van der Waals surface area contributed by atoms with Gasteiger partial charge in [0.25, 0.3) is 5.22 Å². The van der Waals surface area contributed by atoms with Gasteiger partial charge in [0.15, 0.2) is 11.2 Å². The molecule has 23 heavy (non-hydrogen) atoms. The van der Waals surface area contributed by atoms with Crippen LogP contribution in [0.15, 0.2) is 46.2 Å². The largest absolute Gasteiger partial charge is 0.430 e. The van der Waals surface area contributed by atoms with Crippen LogP contribution in [0.1, 0.15) is 12.5 Å². The monoisotopic (exact) mass is 347 g/mol. The number of pyridine rings is 1. The molecule has 1 unspecified atom stereocenters. The third kappa shape index (κ3) is 3.65. The summed E-state index contributed by atoms with van der Waals surface area (Å²) in [5, 5.41) is 3.50. The van der Waals surface area contributed by atoms with Crippen LogP contribution in [0.2, 0.25) is 5.02 Å². The lowest BCUT2D eigenvalue weighted by atomic mass is 10.2. The third-order valence-corrected chi connectivity index (χ3v) is 4.43. The molecule has 0 saturated heterocycles. The standard InChI is InChI=1S/C16H14ClN3O2S/c1-9-5-6-11(17)8-12(9)19-15(21)10(2)23-16-20-14-13(22-16)4-3-7-18-14/h3-8,10H,1-2H3,(H,19,21). The second-order valence-electron chi connectivity index (χ2n) is 5.01. The van der Waals surface area contributed by atoms with E-state index in [-0.39, 0.29) is 11.2 Å². The Labute approximate surface area is 142 Å². The van der Waals surface area contributed by atoms with Crippen LogP contribution in [0.3, 0.4) is 0 Å². The summed E-state index contributed by atoms with van der Waals surface area (Å²) in [6.07, 6.45) is 1.65. The Bertz CT molecular complexity index is 832. The van der Waals surface area contributed by atoms with Crippen molar-refractivity contribution in [3.05, 3.63) is 47.1 Å². The van der Waals surface area contributed by atoms with Gasteiger partial charge in [-0.25, -0.2) is 4.98 Å². The fourth-order valence-electron chi connectivity index (χ4n) is 1.97. The molecule has 7 heteroatoms. The first kappa shape index (κ1) is 15.8. The van der Waals surface area contributed by atoms with Gasteiger partial charge < -0.3 is 9.73 Å². The van der Waals surface area contributed by atoms with Crippen LogP contribution < -0.4 is 5.32 Å². The molecule has 118 valence electrons. The molecule has 3 rings (SSSR count). The van der Waals surface area contributed by atoms with Crippen LogP contribution in [0.25, 0.3) is 11.2 Å². The van der Waals surface area contributed by atoms with E-state index in [2.05, 4.69) is 15.3 Å². The lowest BCUT2D eigenvalue weighted by molar-refractivity contribution is -0.115. The van der Waals surface area contributed by atoms with Crippen LogP contribution in [0, 0.1) is 6.92 Å². The first-order valence-electron chi connectivity index (χ1n) is 6.98. The zero-order chi connectivity index (χ0) is 16.4. The highest BCUT2D eigenvalue weighted by Gasteiger charge is 2.19. The van der Waals surface area contributed by atoms with Crippen LogP contribution in [-0.2, 0) is 4.79 Å². The molecule has 3 aromatic rings. The normalized spacial score (nSPS) is 12.3. The van der Waals surface area contributed by atoms with Crippen molar-refractivity contribution in [1.82, 2.24) is 9.97 Å². The topological polar surface area (TPSA) is 68.0 Å². The van der Waals surface area contributed by atoms with E-state index in [1.165, 1.54) is 11.8 Å². The Kier molecular flexibility index (Phi) is 4.54. The van der Waals surface area contributed by atoms with Gasteiger partial charge in [0.05, 0.1) is 5.25 Å². The number of fused-ring (bicyclic) bond motifs is 1. The summed E-state index contributed by atoms with van der Waals surface area (Å²) in [4.78, 5) is 20.7. The minimum absolute atomic E-state index is 0.143. The first-order chi connectivity index (χ1) is 11.0. The predicted octanol–water partition coefficient (Wildman–Crippen LogP) is 4.30. The number of hydrogen-bond acceptors (Lipinski definition) is 5. The molecular formula is C16H14ClN3O2S. The Hall–Kier alpha value is -2.05. The molecule has 1 aromatic carbocycles. The van der Waals surface area contributed by atoms with Gasteiger partial charge in [0.2, 0.25) is 5.91 Å². The molecule has 0 aliphatic heterocycles. The number of nitrogens with one attached hydrogen (secondary N) is 1. The summed E-state index contributed by atoms with van der Waals surface area (Å²) in [7, 11) is 0. The van der Waals surface area contributed by atoms with E-state index < -0.39 is 0 Å². The molecule has 0 aliphatic carbocycles. The molecule has 0 spiro atoms. The van der Waals surface area contributed by atoms with E-state index in [0.717, 1.165) is 5.56 Å². The van der Waals surface area contributed by atoms with Crippen LogP contribution in [0.5, 0.6) is 0 Å². The molecule has 0 bridgehead atoms. The zero-order valence-corrected chi connectivity index (χ0v) is 14.1. The van der Waals surface area contributed by atoms with Gasteiger partial charge in [-0.15, -0.1) is 0 Å². The summed E-state index contributed by atoms with van der Waals surface area (Å²) in [6.45, 7) is 3.71. The quantitative estimate of drug-likeness (QED) is 0.712. The summed E-state index contributed by atoms with van der Waals surface area (Å²) < 4.78 is 5.57. The van der Waals surface area contributed by atoms with E-state index >= 15 is 0 Å². The Balaban J connectivity index is 1.71. The van der Waals surface area contributed by atoms with Crippen molar-refractivity contribution in [2.75, 3.05) is 5.32 Å². The number of aryl methyl sites for hydroxylation is 1. The van der Waals surface area contributed by atoms with E-state index in [1.54, 1.807) is 37.4 Å². The smallest absolute Gasteiger partial charge is 0.259 e. The number of aromatic nitrogens is 2. The van der Waals surface area contributed by atoms with Gasteiger partial charge in [-0.05, 0) is 43.7 Å². The molecule has 0 radical (unpaired) electrons. The molecule has 1 atom stereocenters. The minimum atomic E-state index is -0.374. The zero-order valence-electron chi connectivity index (χ0n) is 12.5. The minimum Gasteiger partial charge on any atom is -0.430 e. The summed E-state index contributed by atoms with van der Waals surface area (Å²) >= 11 is 7.21. The highest BCUT2D eigenvalue weighted by molar-refractivity contribution is 8.00. The van der Waals surface area contributed by atoms with Gasteiger partial charge in [0, 0.05) is 16.9 Å². The molecular weight excluding hydrogens is 334 g/mol. The maximum Gasteiger partial charge on any atom is 0.259 e. The fourth-order valence-corrected chi connectivity index (χ4v) is 2.89. The molecule has 0 aliphatic rings. The molecule has 0 fully saturated rings. The lowest BCUT2D eigenvalue weighted by Gasteiger charge is -2.12. The van der Waals surface area contributed by atoms with Gasteiger partial charge >= 0.3 is 0 Å². The van der Waals surface area contributed by atoms with Crippen molar-refractivity contribution in [3.8, 4) is 0 Å². The van der Waals surface area contributed by atoms with Crippen molar-refractivity contribution in [3.63, 3.8) is 0 Å². The highest BCUT2D eigenvalue weighted by Crippen LogP contribution is 2.27. The average molecular weight is 348 g/mol. The molecule has 1 amide bonds. The van der Waals surface area contributed by atoms with Crippen LogP contribution in [0.4, 0.5) is 5.69 Å². The molecule has 5 nitrogen and oxygen atoms in total. The molecule has 1 N–H and O–H groups in total. The predicted molar refractivity (Wildman–Crippen MR) is 91.9 cm³/mol. The van der Waals surface area contributed by atoms with Gasteiger partial charge in [-0.3, -0.25) is 4.79 Å². The number of benzene rings is 1. The molecule has 2 heterocycles. The maximum atomic E-state index is 12.3. The van der Waals surface area contributed by atoms with Gasteiger partial charge in [-0.2, -0.15) is 4.98 Å². The highest BCUT2D eigenvalue weighted by atomic mass is 35.5. The Morgan fingerprint density at radius 3 is 3.00 bits per heavy atom. The van der Waals surface area contributed by atoms with Crippen LogP contribution in [-0.4, -0.2) is 21.1 Å². The van der Waals surface area contributed by atoms with Crippen molar-refractivity contribution in [1.29, 1.82) is 0 Å². The van der Waals surface area contributed by atoms with Gasteiger partial charge in [-0.1, -0.05) is 29.4 Å². The van der Waals surface area contributed by atoms with E-state index in [9.17, 15) is 4.79 Å². The number of thioether (sulfide) groups is 1. The Morgan fingerprint density at radius 2 is 2.22 bits per heavy atom. The molecule has 0 saturated carbocycles. The number of nitrogens with zero attached hydrogens (tertiary/aromatic N) is 2. The van der Waals surface area contributed by atoms with Crippen molar-refractivity contribution < 1.29 is 9.21 Å². The second kappa shape index (κ2) is 6.60. The van der Waals surface area contributed by atoms with E-state index in [4.69, 9.17) is 16.0 Å². The van der Waals surface area contributed by atoms with Crippen molar-refractivity contribution in [2.45, 2.75) is 24.3 Å². The van der Waals surface area contributed by atoms with E-state index in [1.807, 2.05) is 13.0 Å². The summed E-state index contributed by atoms with van der Waals surface area (Å²) in [6, 6.07) is 8.95. The van der Waals surface area contributed by atoms with Gasteiger partial charge in [0.1, 0.15) is 0 Å². The average Bonchev–Trinajstić information content (AvgIpc) is 2.93. The number of hydrogen-bond donors (Lipinski definition) is 1. The lowest BCUT2D eigenvalue weighted by Crippen LogP contribution is -2.22.